The summed E-state index contributed by atoms with van der Waals surface area (Å²) in [5.74, 6) is -0.333. The number of pyridine rings is 1. The molecule has 0 radical (unpaired) electrons. The molecule has 276 valence electrons. The summed E-state index contributed by atoms with van der Waals surface area (Å²) in [4.78, 5) is 48.3. The molecule has 2 fully saturated rings. The standard InChI is InChI=1S/C37H36ClN5O9S/c1-15-9-18-10-21-22(11-39)43-23-12-49-37(47)20(41-36(46)19-7-6-8-40-35(19)38)13-53-34(28(43)27(42(21)4)24(18)29(45)30(15)48-5)26-25(23)33-32(50-14-51-33)16(2)31(26)52-17(3)44/h6-9,20-23,27-28,34,45H,10,12-14H2,1-5H3,(H,41,46)/t20?,21-,22-,23-,27+,28?,34+/m0/s1. The largest absolute Gasteiger partial charge is 0.504 e. The summed E-state index contributed by atoms with van der Waals surface area (Å²) < 4.78 is 29.9. The van der Waals surface area contributed by atoms with E-state index in [2.05, 4.69) is 26.2 Å². The fourth-order valence-electron chi connectivity index (χ4n) is 8.86. The number of benzene rings is 2. The number of amides is 1. The average Bonchev–Trinajstić information content (AvgIpc) is 3.61. The first kappa shape index (κ1) is 35.3. The summed E-state index contributed by atoms with van der Waals surface area (Å²) in [6.07, 6.45) is 1.92. The number of ether oxygens (including phenoxy) is 5. The van der Waals surface area contributed by atoms with E-state index >= 15 is 0 Å². The Kier molecular flexibility index (Phi) is 8.84. The number of phenols is 1. The molecule has 16 heteroatoms. The number of carbonyl (C=O) groups is 3. The first-order chi connectivity index (χ1) is 25.5. The molecule has 3 aromatic rings. The van der Waals surface area contributed by atoms with Crippen molar-refractivity contribution in [1.29, 1.82) is 5.26 Å². The number of hydrogen-bond acceptors (Lipinski definition) is 14. The SMILES string of the molecule is COc1c(C)cc2c(c1O)[C@@H]1C3[C@@H]4SCC(NC(=O)c5cccnc5Cl)C(=O)OC[C@@H](c5c6c(c(C)c(OC(C)=O)c54)OCO6)N3[C@@H](C#N)[C@H](C2)N1C. The number of piperazine rings is 1. The number of nitrogens with one attached hydrogen (secondary N) is 1. The van der Waals surface area contributed by atoms with E-state index < -0.39 is 53.3 Å². The Morgan fingerprint density at radius 1 is 1.17 bits per heavy atom. The van der Waals surface area contributed by atoms with Crippen molar-refractivity contribution >= 4 is 41.2 Å². The van der Waals surface area contributed by atoms with E-state index in [1.807, 2.05) is 20.0 Å². The molecule has 0 aliphatic carbocycles. The van der Waals surface area contributed by atoms with Crippen LogP contribution < -0.4 is 24.3 Å². The molecule has 2 aromatic carbocycles. The lowest BCUT2D eigenvalue weighted by atomic mass is 9.71. The molecule has 9 rings (SSSR count). The number of aromatic hydroxyl groups is 1. The maximum Gasteiger partial charge on any atom is 0.329 e. The smallest absolute Gasteiger partial charge is 0.329 e. The van der Waals surface area contributed by atoms with Crippen molar-refractivity contribution in [2.45, 2.75) is 68.7 Å². The Morgan fingerprint density at radius 3 is 2.66 bits per heavy atom. The minimum absolute atomic E-state index is 0.0124. The molecule has 2 unspecified atom stereocenters. The van der Waals surface area contributed by atoms with E-state index in [9.17, 15) is 24.8 Å². The van der Waals surface area contributed by atoms with Gasteiger partial charge in [-0.25, -0.2) is 9.78 Å². The van der Waals surface area contributed by atoms with Gasteiger partial charge in [-0.3, -0.25) is 19.4 Å². The second kappa shape index (κ2) is 13.3. The van der Waals surface area contributed by atoms with Crippen molar-refractivity contribution in [1.82, 2.24) is 20.1 Å². The predicted molar refractivity (Wildman–Crippen MR) is 190 cm³/mol. The topological polar surface area (TPSA) is 173 Å². The van der Waals surface area contributed by atoms with Gasteiger partial charge in [-0.2, -0.15) is 5.26 Å². The molecular formula is C37H36ClN5O9S. The number of halogens is 1. The molecule has 1 aromatic heterocycles. The lowest BCUT2D eigenvalue weighted by Crippen LogP contribution is -2.69. The summed E-state index contributed by atoms with van der Waals surface area (Å²) in [5, 5.41) is 25.1. The number of carbonyl (C=O) groups excluding carboxylic acids is 3. The molecule has 14 nitrogen and oxygen atoms in total. The molecule has 0 spiro atoms. The number of rotatable bonds is 4. The van der Waals surface area contributed by atoms with Crippen LogP contribution in [-0.2, 0) is 20.7 Å². The van der Waals surface area contributed by atoms with Crippen LogP contribution in [0.1, 0.15) is 68.0 Å². The molecule has 6 aliphatic rings. The Bertz CT molecular complexity index is 2130. The van der Waals surface area contributed by atoms with E-state index in [1.54, 1.807) is 13.0 Å². The first-order valence-electron chi connectivity index (χ1n) is 17.1. The van der Waals surface area contributed by atoms with Gasteiger partial charge < -0.3 is 34.1 Å². The fraction of sp³-hybridized carbons (Fsp3) is 0.432. The van der Waals surface area contributed by atoms with Gasteiger partial charge in [0, 0.05) is 53.2 Å². The summed E-state index contributed by atoms with van der Waals surface area (Å²) in [6, 6.07) is 3.65. The van der Waals surface area contributed by atoms with Crippen LogP contribution in [-0.4, -0.2) is 95.2 Å². The van der Waals surface area contributed by atoms with E-state index in [1.165, 1.54) is 38.1 Å². The van der Waals surface area contributed by atoms with Crippen LogP contribution in [0.2, 0.25) is 5.15 Å². The molecular weight excluding hydrogens is 726 g/mol. The van der Waals surface area contributed by atoms with Gasteiger partial charge in [-0.05, 0) is 50.6 Å². The van der Waals surface area contributed by atoms with Gasteiger partial charge in [0.15, 0.2) is 23.0 Å². The fourth-order valence-corrected chi connectivity index (χ4v) is 10.6. The zero-order valence-electron chi connectivity index (χ0n) is 29.5. The number of methoxy groups -OCH3 is 1. The van der Waals surface area contributed by atoms with Crippen LogP contribution in [0.25, 0.3) is 0 Å². The van der Waals surface area contributed by atoms with E-state index in [0.29, 0.717) is 45.9 Å². The maximum absolute atomic E-state index is 13.9. The molecule has 7 atom stereocenters. The van der Waals surface area contributed by atoms with Gasteiger partial charge in [0.1, 0.15) is 29.6 Å². The highest BCUT2D eigenvalue weighted by molar-refractivity contribution is 7.99. The van der Waals surface area contributed by atoms with E-state index in [-0.39, 0.29) is 47.4 Å². The number of fused-ring (bicyclic) bond motifs is 10. The van der Waals surface area contributed by atoms with Crippen molar-refractivity contribution in [2.75, 3.05) is 33.3 Å². The van der Waals surface area contributed by atoms with Gasteiger partial charge in [-0.15, -0.1) is 11.8 Å². The van der Waals surface area contributed by atoms with Gasteiger partial charge in [0.25, 0.3) is 5.91 Å². The number of likely N-dealkylation sites (N-methyl/N-ethyl adjacent to an activating group) is 1. The zero-order valence-corrected chi connectivity index (χ0v) is 31.0. The molecule has 53 heavy (non-hydrogen) atoms. The number of nitriles is 1. The highest BCUT2D eigenvalue weighted by Gasteiger charge is 2.60. The third-order valence-corrected chi connectivity index (χ3v) is 12.7. The maximum atomic E-state index is 13.9. The molecule has 1 amide bonds. The van der Waals surface area contributed by atoms with Gasteiger partial charge in [0.05, 0.1) is 36.1 Å². The second-order valence-corrected chi connectivity index (χ2v) is 15.3. The molecule has 7 heterocycles. The lowest BCUT2D eigenvalue weighted by Gasteiger charge is -2.61. The summed E-state index contributed by atoms with van der Waals surface area (Å²) >= 11 is 7.58. The van der Waals surface area contributed by atoms with Crippen molar-refractivity contribution in [3.8, 4) is 34.8 Å². The number of nitrogens with zero attached hydrogens (tertiary/aromatic N) is 4. The Labute approximate surface area is 314 Å². The lowest BCUT2D eigenvalue weighted by molar-refractivity contribution is -0.151. The van der Waals surface area contributed by atoms with Crippen LogP contribution in [0, 0.1) is 25.2 Å². The highest BCUT2D eigenvalue weighted by atomic mass is 35.5. The molecule has 2 N–H and O–H groups in total. The van der Waals surface area contributed by atoms with Crippen LogP contribution in [0.15, 0.2) is 24.4 Å². The Hall–Kier alpha value is -4.75. The third-order valence-electron chi connectivity index (χ3n) is 11.0. The Balaban J connectivity index is 1.36. The normalized spacial score (nSPS) is 27.0. The first-order valence-corrected chi connectivity index (χ1v) is 18.5. The number of aryl methyl sites for hydroxylation is 1. The van der Waals surface area contributed by atoms with Crippen LogP contribution >= 0.6 is 23.4 Å². The van der Waals surface area contributed by atoms with Crippen LogP contribution in [0.5, 0.6) is 28.7 Å². The number of esters is 2. The number of phenolic OH excluding ortho intramolecular Hbond substituents is 1. The zero-order chi connectivity index (χ0) is 37.5. The molecule has 6 aliphatic heterocycles. The average molecular weight is 762 g/mol. The quantitative estimate of drug-likeness (QED) is 0.221. The van der Waals surface area contributed by atoms with Gasteiger partial charge in [-0.1, -0.05) is 17.7 Å². The number of thioether (sulfide) groups is 1. The monoisotopic (exact) mass is 761 g/mol. The van der Waals surface area contributed by atoms with E-state index in [4.69, 9.17) is 35.3 Å². The minimum atomic E-state index is -1.12. The number of aromatic nitrogens is 1. The summed E-state index contributed by atoms with van der Waals surface area (Å²) in [5.41, 5.74) is 4.21. The van der Waals surface area contributed by atoms with Gasteiger partial charge in [0.2, 0.25) is 6.79 Å². The Morgan fingerprint density at radius 2 is 1.94 bits per heavy atom. The molecule has 0 saturated carbocycles. The third kappa shape index (κ3) is 5.37. The van der Waals surface area contributed by atoms with Gasteiger partial charge >= 0.3 is 11.9 Å². The second-order valence-electron chi connectivity index (χ2n) is 13.7. The van der Waals surface area contributed by atoms with Crippen molar-refractivity contribution in [2.24, 2.45) is 0 Å². The molecule has 2 saturated heterocycles. The van der Waals surface area contributed by atoms with Crippen LogP contribution in [0.3, 0.4) is 0 Å². The summed E-state index contributed by atoms with van der Waals surface area (Å²) in [6.45, 7) is 4.66. The van der Waals surface area contributed by atoms with Crippen molar-refractivity contribution < 1.29 is 43.2 Å². The van der Waals surface area contributed by atoms with Crippen molar-refractivity contribution in [3.63, 3.8) is 0 Å². The predicted octanol–water partition coefficient (Wildman–Crippen LogP) is 4.08. The van der Waals surface area contributed by atoms with Crippen LogP contribution in [0.4, 0.5) is 0 Å². The highest BCUT2D eigenvalue weighted by Crippen LogP contribution is 2.64. The summed E-state index contributed by atoms with van der Waals surface area (Å²) in [7, 11) is 3.46. The van der Waals surface area contributed by atoms with E-state index in [0.717, 1.165) is 11.1 Å². The number of hydrogen-bond donors (Lipinski definition) is 2. The minimum Gasteiger partial charge on any atom is -0.504 e. The van der Waals surface area contributed by atoms with Crippen molar-refractivity contribution in [3.05, 3.63) is 68.5 Å². The molecule has 4 bridgehead atoms.